The third-order valence-electron chi connectivity index (χ3n) is 1.28. The third-order valence-corrected chi connectivity index (χ3v) is 1.85. The van der Waals surface area contributed by atoms with E-state index in [0.29, 0.717) is 0 Å². The topological polar surface area (TPSA) is 43.4 Å². The zero-order valence-electron chi connectivity index (χ0n) is 6.32. The first-order chi connectivity index (χ1) is 5.49. The highest BCUT2D eigenvalue weighted by atomic mass is 35.7. The van der Waals surface area contributed by atoms with Gasteiger partial charge in [0.2, 0.25) is 0 Å². The van der Waals surface area contributed by atoms with Gasteiger partial charge in [0.05, 0.1) is 10.7 Å². The van der Waals surface area contributed by atoms with Crippen molar-refractivity contribution in [1.82, 2.24) is 0 Å². The Bertz CT molecular complexity index is 372. The second kappa shape index (κ2) is 3.33. The van der Waals surface area contributed by atoms with Crippen LogP contribution in [0.1, 0.15) is 5.56 Å². The van der Waals surface area contributed by atoms with Crippen LogP contribution >= 0.6 is 10.7 Å². The summed E-state index contributed by atoms with van der Waals surface area (Å²) in [5.41, 5.74) is 0.724. The number of hydrogen-bond acceptors (Lipinski definition) is 3. The van der Waals surface area contributed by atoms with E-state index < -0.39 is 9.33 Å². The zero-order valence-corrected chi connectivity index (χ0v) is 7.89. The van der Waals surface area contributed by atoms with Crippen LogP contribution in [0.25, 0.3) is 0 Å². The molecule has 5 heteroatoms. The maximum absolute atomic E-state index is 10.5. The number of hydrogen-bond donors (Lipinski definition) is 0. The molecule has 0 aliphatic rings. The van der Waals surface area contributed by atoms with Gasteiger partial charge in [0, 0.05) is 0 Å². The van der Waals surface area contributed by atoms with Gasteiger partial charge in [0.1, 0.15) is 5.75 Å². The lowest BCUT2D eigenvalue weighted by Gasteiger charge is -2.02. The minimum absolute atomic E-state index is 0.257. The number of benzene rings is 1. The second-order valence-electron chi connectivity index (χ2n) is 2.24. The van der Waals surface area contributed by atoms with Crippen LogP contribution in [-0.4, -0.2) is 8.42 Å². The molecule has 0 spiro atoms. The molecule has 0 saturated heterocycles. The van der Waals surface area contributed by atoms with Crippen molar-refractivity contribution in [3.63, 3.8) is 0 Å². The van der Waals surface area contributed by atoms with E-state index in [1.165, 1.54) is 6.07 Å². The minimum Gasteiger partial charge on any atom is -0.371 e. The van der Waals surface area contributed by atoms with Crippen LogP contribution in [0.4, 0.5) is 0 Å². The number of para-hydroxylation sites is 1. The predicted molar refractivity (Wildman–Crippen MR) is 46.6 cm³/mol. The van der Waals surface area contributed by atoms with Crippen LogP contribution in [-0.2, 0) is 9.33 Å². The first-order valence-corrected chi connectivity index (χ1v) is 5.42. The van der Waals surface area contributed by atoms with E-state index in [2.05, 4.69) is 4.18 Å². The first kappa shape index (κ1) is 9.35. The molecule has 0 bridgehead atoms. The lowest BCUT2D eigenvalue weighted by Crippen LogP contribution is -2.00. The summed E-state index contributed by atoms with van der Waals surface area (Å²) in [5, 5.41) is 0. The minimum atomic E-state index is -3.93. The Kier molecular flexibility index (Phi) is 2.59. The summed E-state index contributed by atoms with van der Waals surface area (Å²) in [5.74, 6) is 0.257. The molecule has 0 aliphatic carbocycles. The van der Waals surface area contributed by atoms with Crippen molar-refractivity contribution in [3.05, 3.63) is 29.8 Å². The summed E-state index contributed by atoms with van der Waals surface area (Å²) in [6.45, 7) is 1.73. The van der Waals surface area contributed by atoms with E-state index in [0.717, 1.165) is 5.56 Å². The Morgan fingerprint density at radius 3 is 2.42 bits per heavy atom. The molecule has 1 rings (SSSR count). The fourth-order valence-electron chi connectivity index (χ4n) is 0.757. The quantitative estimate of drug-likeness (QED) is 0.694. The van der Waals surface area contributed by atoms with Gasteiger partial charge in [-0.05, 0) is 18.6 Å². The molecule has 0 aliphatic heterocycles. The van der Waals surface area contributed by atoms with Gasteiger partial charge in [0.25, 0.3) is 0 Å². The van der Waals surface area contributed by atoms with Crippen molar-refractivity contribution in [2.75, 3.05) is 0 Å². The Morgan fingerprint density at radius 2 is 1.92 bits per heavy atom. The van der Waals surface area contributed by atoms with Crippen molar-refractivity contribution >= 4 is 20.0 Å². The van der Waals surface area contributed by atoms with Crippen LogP contribution in [0.3, 0.4) is 0 Å². The summed E-state index contributed by atoms with van der Waals surface area (Å²) in [4.78, 5) is 0. The van der Waals surface area contributed by atoms with Gasteiger partial charge >= 0.3 is 9.33 Å². The molecule has 1 aromatic carbocycles. The fourth-order valence-corrected chi connectivity index (χ4v) is 1.36. The van der Waals surface area contributed by atoms with E-state index in [4.69, 9.17) is 10.7 Å². The molecule has 1 aromatic rings. The average molecular weight is 207 g/mol. The Balaban J connectivity index is 2.98. The van der Waals surface area contributed by atoms with Gasteiger partial charge in [-0.3, -0.25) is 0 Å². The van der Waals surface area contributed by atoms with Crippen LogP contribution < -0.4 is 4.18 Å². The Hall–Kier alpha value is -0.740. The predicted octanol–water partition coefficient (Wildman–Crippen LogP) is 1.86. The molecule has 0 unspecified atom stereocenters. The van der Waals surface area contributed by atoms with Gasteiger partial charge in [-0.15, -0.1) is 0 Å². The van der Waals surface area contributed by atoms with Crippen LogP contribution in [0.2, 0.25) is 0 Å². The third kappa shape index (κ3) is 2.71. The molecule has 12 heavy (non-hydrogen) atoms. The molecule has 3 nitrogen and oxygen atoms in total. The van der Waals surface area contributed by atoms with E-state index in [1.807, 2.05) is 0 Å². The van der Waals surface area contributed by atoms with E-state index in [9.17, 15) is 8.42 Å². The highest BCUT2D eigenvalue weighted by Crippen LogP contribution is 2.19. The lowest BCUT2D eigenvalue weighted by atomic mass is 10.2. The number of rotatable bonds is 2. The Labute approximate surface area is 75.6 Å². The van der Waals surface area contributed by atoms with Crippen molar-refractivity contribution in [3.8, 4) is 5.75 Å². The van der Waals surface area contributed by atoms with E-state index in [-0.39, 0.29) is 5.75 Å². The summed E-state index contributed by atoms with van der Waals surface area (Å²) < 4.78 is 25.5. The van der Waals surface area contributed by atoms with Gasteiger partial charge in [-0.25, -0.2) is 0 Å². The molecule has 0 N–H and O–H groups in total. The summed E-state index contributed by atoms with van der Waals surface area (Å²) >= 11 is 0. The SMILES string of the molecule is Cc1ccccc1OS(=O)(=O)Cl. The van der Waals surface area contributed by atoms with Gasteiger partial charge in [-0.2, -0.15) is 8.42 Å². The maximum Gasteiger partial charge on any atom is 0.401 e. The standard InChI is InChI=1S/C7H7ClO3S/c1-6-4-2-3-5-7(6)11-12(8,9)10/h2-5H,1H3. The van der Waals surface area contributed by atoms with Crippen molar-refractivity contribution in [1.29, 1.82) is 0 Å². The Morgan fingerprint density at radius 1 is 1.33 bits per heavy atom. The average Bonchev–Trinajstić information content (AvgIpc) is 1.91. The fraction of sp³-hybridized carbons (Fsp3) is 0.143. The van der Waals surface area contributed by atoms with Crippen LogP contribution in [0.15, 0.2) is 24.3 Å². The van der Waals surface area contributed by atoms with Gasteiger partial charge in [0.15, 0.2) is 0 Å². The highest BCUT2D eigenvalue weighted by Gasteiger charge is 2.08. The largest absolute Gasteiger partial charge is 0.401 e. The van der Waals surface area contributed by atoms with E-state index in [1.54, 1.807) is 25.1 Å². The molecule has 0 saturated carbocycles. The summed E-state index contributed by atoms with van der Waals surface area (Å²) in [6.07, 6.45) is 0. The first-order valence-electron chi connectivity index (χ1n) is 3.19. The molecule has 0 heterocycles. The normalized spacial score (nSPS) is 11.2. The maximum atomic E-state index is 10.5. The molecular weight excluding hydrogens is 200 g/mol. The lowest BCUT2D eigenvalue weighted by molar-refractivity contribution is 0.501. The van der Waals surface area contributed by atoms with Crippen LogP contribution in [0.5, 0.6) is 5.75 Å². The summed E-state index contributed by atoms with van der Waals surface area (Å²) in [7, 11) is 0.962. The monoisotopic (exact) mass is 206 g/mol. The molecule has 0 aromatic heterocycles. The summed E-state index contributed by atoms with van der Waals surface area (Å²) in [6, 6.07) is 6.72. The van der Waals surface area contributed by atoms with Crippen molar-refractivity contribution < 1.29 is 12.6 Å². The second-order valence-corrected chi connectivity index (χ2v) is 4.33. The van der Waals surface area contributed by atoms with Gasteiger partial charge in [-0.1, -0.05) is 18.2 Å². The van der Waals surface area contributed by atoms with Crippen molar-refractivity contribution in [2.45, 2.75) is 6.92 Å². The number of aryl methyl sites for hydroxylation is 1. The molecular formula is C7H7ClO3S. The molecule has 0 atom stereocenters. The number of halogens is 1. The highest BCUT2D eigenvalue weighted by molar-refractivity contribution is 8.10. The van der Waals surface area contributed by atoms with E-state index >= 15 is 0 Å². The van der Waals surface area contributed by atoms with Crippen LogP contribution in [0, 0.1) is 6.92 Å². The molecule has 66 valence electrons. The smallest absolute Gasteiger partial charge is 0.371 e. The molecule has 0 fully saturated rings. The zero-order chi connectivity index (χ0) is 9.19. The van der Waals surface area contributed by atoms with Gasteiger partial charge < -0.3 is 4.18 Å². The van der Waals surface area contributed by atoms with Crippen molar-refractivity contribution in [2.24, 2.45) is 0 Å². The molecule has 0 radical (unpaired) electrons. The molecule has 0 amide bonds.